The maximum absolute atomic E-state index is 11.8. The minimum atomic E-state index is 0. The summed E-state index contributed by atoms with van der Waals surface area (Å²) in [6.45, 7) is 8.45. The predicted molar refractivity (Wildman–Crippen MR) is 99.1 cm³/mol. The molecule has 0 saturated carbocycles. The molecule has 1 fully saturated rings. The quantitative estimate of drug-likeness (QED) is 0.625. The van der Waals surface area contributed by atoms with Gasteiger partial charge in [0.25, 0.3) is 0 Å². The van der Waals surface area contributed by atoms with E-state index in [-0.39, 0.29) is 30.7 Å². The zero-order valence-electron chi connectivity index (χ0n) is 14.2. The van der Waals surface area contributed by atoms with Crippen molar-refractivity contribution in [2.75, 3.05) is 26.2 Å². The number of unbranched alkanes of at least 4 members (excludes halogenated alkanes) is 3. The van der Waals surface area contributed by atoms with Crippen LogP contribution < -0.4 is 11.1 Å². The molecule has 0 aromatic rings. The molecule has 1 saturated heterocycles. The van der Waals surface area contributed by atoms with Crippen LogP contribution in [-0.2, 0) is 4.79 Å². The van der Waals surface area contributed by atoms with Crippen molar-refractivity contribution in [3.63, 3.8) is 0 Å². The lowest BCUT2D eigenvalue weighted by atomic mass is 9.99. The summed E-state index contributed by atoms with van der Waals surface area (Å²) in [5, 5.41) is 3.08. The van der Waals surface area contributed by atoms with Crippen molar-refractivity contribution in [3.05, 3.63) is 0 Å². The Labute approximate surface area is 148 Å². The number of halogens is 2. The van der Waals surface area contributed by atoms with E-state index in [9.17, 15) is 4.79 Å². The van der Waals surface area contributed by atoms with Crippen LogP contribution in [0.1, 0.15) is 58.8 Å². The van der Waals surface area contributed by atoms with Gasteiger partial charge in [0.1, 0.15) is 0 Å². The highest BCUT2D eigenvalue weighted by Gasteiger charge is 2.20. The minimum absolute atomic E-state index is 0. The molecule has 4 nitrogen and oxygen atoms in total. The molecule has 0 aromatic carbocycles. The van der Waals surface area contributed by atoms with Gasteiger partial charge in [-0.2, -0.15) is 0 Å². The Bertz CT molecular complexity index is 280. The average Bonchev–Trinajstić information content (AvgIpc) is 2.44. The molecule has 1 aliphatic heterocycles. The molecule has 1 rings (SSSR count). The molecule has 0 radical (unpaired) electrons. The van der Waals surface area contributed by atoms with Crippen molar-refractivity contribution >= 4 is 30.7 Å². The summed E-state index contributed by atoms with van der Waals surface area (Å²) in [4.78, 5) is 14.3. The first-order chi connectivity index (χ1) is 9.63. The highest BCUT2D eigenvalue weighted by molar-refractivity contribution is 5.85. The fourth-order valence-electron chi connectivity index (χ4n) is 2.89. The van der Waals surface area contributed by atoms with E-state index in [1.165, 1.54) is 25.9 Å². The predicted octanol–water partition coefficient (Wildman–Crippen LogP) is 2.98. The van der Waals surface area contributed by atoms with Gasteiger partial charge in [-0.15, -0.1) is 24.8 Å². The van der Waals surface area contributed by atoms with Crippen LogP contribution in [0.25, 0.3) is 0 Å². The van der Waals surface area contributed by atoms with Crippen LogP contribution in [0.2, 0.25) is 0 Å². The SMILES string of the molecule is CC1CCCN(C(C)CNC(=O)CCCCCCN)C1.Cl.Cl. The van der Waals surface area contributed by atoms with Crippen LogP contribution in [0.4, 0.5) is 0 Å². The van der Waals surface area contributed by atoms with E-state index in [1.54, 1.807) is 0 Å². The molecule has 1 amide bonds. The zero-order chi connectivity index (χ0) is 14.8. The lowest BCUT2D eigenvalue weighted by Gasteiger charge is -2.35. The highest BCUT2D eigenvalue weighted by Crippen LogP contribution is 2.17. The summed E-state index contributed by atoms with van der Waals surface area (Å²) in [5.74, 6) is 0.999. The van der Waals surface area contributed by atoms with E-state index in [2.05, 4.69) is 24.1 Å². The molecule has 0 bridgehead atoms. The van der Waals surface area contributed by atoms with Gasteiger partial charge in [0.05, 0.1) is 0 Å². The summed E-state index contributed by atoms with van der Waals surface area (Å²) in [6, 6.07) is 0.457. The van der Waals surface area contributed by atoms with E-state index in [4.69, 9.17) is 5.73 Å². The van der Waals surface area contributed by atoms with Crippen LogP contribution in [0.15, 0.2) is 0 Å². The topological polar surface area (TPSA) is 58.4 Å². The Hall–Kier alpha value is -0.0300. The second-order valence-electron chi connectivity index (χ2n) is 6.35. The molecule has 1 aliphatic rings. The van der Waals surface area contributed by atoms with Crippen molar-refractivity contribution < 1.29 is 4.79 Å². The van der Waals surface area contributed by atoms with Crippen LogP contribution in [0.3, 0.4) is 0 Å². The van der Waals surface area contributed by atoms with Crippen molar-refractivity contribution in [1.29, 1.82) is 0 Å². The molecule has 0 aromatic heterocycles. The molecular formula is C16H35Cl2N3O. The molecule has 22 heavy (non-hydrogen) atoms. The number of hydrogen-bond donors (Lipinski definition) is 2. The fraction of sp³-hybridized carbons (Fsp3) is 0.938. The lowest BCUT2D eigenvalue weighted by Crippen LogP contribution is -2.46. The smallest absolute Gasteiger partial charge is 0.220 e. The third kappa shape index (κ3) is 10.7. The van der Waals surface area contributed by atoms with Gasteiger partial charge in [-0.3, -0.25) is 9.69 Å². The molecule has 0 aliphatic carbocycles. The highest BCUT2D eigenvalue weighted by atomic mass is 35.5. The second-order valence-corrected chi connectivity index (χ2v) is 6.35. The fourth-order valence-corrected chi connectivity index (χ4v) is 2.89. The monoisotopic (exact) mass is 355 g/mol. The van der Waals surface area contributed by atoms with Gasteiger partial charge in [-0.25, -0.2) is 0 Å². The summed E-state index contributed by atoms with van der Waals surface area (Å²) in [6.07, 6.45) is 7.62. The number of nitrogens with zero attached hydrogens (tertiary/aromatic N) is 1. The number of nitrogens with one attached hydrogen (secondary N) is 1. The largest absolute Gasteiger partial charge is 0.355 e. The summed E-state index contributed by atoms with van der Waals surface area (Å²) < 4.78 is 0. The third-order valence-corrected chi connectivity index (χ3v) is 4.26. The van der Waals surface area contributed by atoms with Crippen molar-refractivity contribution in [1.82, 2.24) is 10.2 Å². The number of rotatable bonds is 9. The maximum atomic E-state index is 11.8. The minimum Gasteiger partial charge on any atom is -0.355 e. The van der Waals surface area contributed by atoms with Gasteiger partial charge < -0.3 is 11.1 Å². The Kier molecular flexibility index (Phi) is 16.0. The number of piperidine rings is 1. The number of hydrogen-bond acceptors (Lipinski definition) is 3. The number of nitrogens with two attached hydrogens (primary N) is 1. The van der Waals surface area contributed by atoms with Crippen LogP contribution >= 0.6 is 24.8 Å². The van der Waals surface area contributed by atoms with E-state index < -0.39 is 0 Å². The van der Waals surface area contributed by atoms with Crippen LogP contribution in [0, 0.1) is 5.92 Å². The molecule has 6 heteroatoms. The van der Waals surface area contributed by atoms with E-state index >= 15 is 0 Å². The van der Waals surface area contributed by atoms with Gasteiger partial charge in [0, 0.05) is 25.6 Å². The first-order valence-corrected chi connectivity index (χ1v) is 8.34. The first kappa shape index (κ1) is 24.2. The Morgan fingerprint density at radius 3 is 2.59 bits per heavy atom. The first-order valence-electron chi connectivity index (χ1n) is 8.34. The Morgan fingerprint density at radius 1 is 1.27 bits per heavy atom. The van der Waals surface area contributed by atoms with Gasteiger partial charge in [-0.1, -0.05) is 19.8 Å². The molecule has 2 unspecified atom stereocenters. The maximum Gasteiger partial charge on any atom is 0.220 e. The number of carbonyl (C=O) groups excluding carboxylic acids is 1. The van der Waals surface area contributed by atoms with Gasteiger partial charge in [0.15, 0.2) is 0 Å². The molecule has 3 N–H and O–H groups in total. The second kappa shape index (κ2) is 14.6. The van der Waals surface area contributed by atoms with Crippen molar-refractivity contribution in [3.8, 4) is 0 Å². The van der Waals surface area contributed by atoms with Crippen LogP contribution in [-0.4, -0.2) is 43.0 Å². The Morgan fingerprint density at radius 2 is 1.95 bits per heavy atom. The van der Waals surface area contributed by atoms with Crippen LogP contribution in [0.5, 0.6) is 0 Å². The third-order valence-electron chi connectivity index (χ3n) is 4.26. The summed E-state index contributed by atoms with van der Waals surface area (Å²) in [5.41, 5.74) is 5.45. The molecule has 0 spiro atoms. The molecule has 2 atom stereocenters. The molecular weight excluding hydrogens is 321 g/mol. The van der Waals surface area contributed by atoms with Gasteiger partial charge in [-0.05, 0) is 51.6 Å². The standard InChI is InChI=1S/C16H33N3O.2ClH/c1-14-8-7-11-19(13-14)15(2)12-18-16(20)9-5-3-4-6-10-17;;/h14-15H,3-13,17H2,1-2H3,(H,18,20);2*1H. The average molecular weight is 356 g/mol. The Balaban J connectivity index is 0. The van der Waals surface area contributed by atoms with Gasteiger partial charge >= 0.3 is 0 Å². The van der Waals surface area contributed by atoms with E-state index in [0.717, 1.165) is 44.7 Å². The normalized spacial score (nSPS) is 19.7. The number of amides is 1. The molecule has 134 valence electrons. The van der Waals surface area contributed by atoms with E-state index in [1.807, 2.05) is 0 Å². The summed E-state index contributed by atoms with van der Waals surface area (Å²) in [7, 11) is 0. The zero-order valence-corrected chi connectivity index (χ0v) is 15.8. The number of likely N-dealkylation sites (tertiary alicyclic amines) is 1. The van der Waals surface area contributed by atoms with Crippen molar-refractivity contribution in [2.24, 2.45) is 11.7 Å². The van der Waals surface area contributed by atoms with E-state index in [0.29, 0.717) is 12.5 Å². The van der Waals surface area contributed by atoms with Gasteiger partial charge in [0.2, 0.25) is 5.91 Å². The molecule has 1 heterocycles. The number of carbonyl (C=O) groups is 1. The lowest BCUT2D eigenvalue weighted by molar-refractivity contribution is -0.121. The van der Waals surface area contributed by atoms with Crippen molar-refractivity contribution in [2.45, 2.75) is 64.8 Å². The summed E-state index contributed by atoms with van der Waals surface area (Å²) >= 11 is 0.